The number of hydrogen-bond acceptors (Lipinski definition) is 1. The van der Waals surface area contributed by atoms with E-state index in [4.69, 9.17) is 0 Å². The molecule has 0 fully saturated rings. The van der Waals surface area contributed by atoms with Gasteiger partial charge in [0.25, 0.3) is 0 Å². The summed E-state index contributed by atoms with van der Waals surface area (Å²) in [4.78, 5) is 11.9. The predicted molar refractivity (Wildman–Crippen MR) is 132 cm³/mol. The van der Waals surface area contributed by atoms with Gasteiger partial charge in [0.1, 0.15) is 5.78 Å². The Morgan fingerprint density at radius 1 is 0.483 bits per heavy atom. The Labute approximate surface area is 183 Å². The molecule has 1 heteroatoms. The van der Waals surface area contributed by atoms with Crippen molar-refractivity contribution in [3.8, 4) is 0 Å². The summed E-state index contributed by atoms with van der Waals surface area (Å²) in [6, 6.07) is 0. The van der Waals surface area contributed by atoms with Crippen LogP contribution in [0.3, 0.4) is 0 Å². The zero-order chi connectivity index (χ0) is 21.3. The van der Waals surface area contributed by atoms with Crippen molar-refractivity contribution < 1.29 is 4.79 Å². The monoisotopic (exact) mass is 404 g/mol. The Kier molecular flexibility index (Phi) is 24.4. The molecule has 0 aliphatic rings. The van der Waals surface area contributed by atoms with Crippen LogP contribution < -0.4 is 0 Å². The van der Waals surface area contributed by atoms with E-state index in [1.165, 1.54) is 103 Å². The fourth-order valence-electron chi connectivity index (χ4n) is 3.71. The van der Waals surface area contributed by atoms with E-state index in [0.29, 0.717) is 5.78 Å². The smallest absolute Gasteiger partial charge is 0.132 e. The molecule has 0 unspecified atom stereocenters. The largest absolute Gasteiger partial charge is 0.300 e. The van der Waals surface area contributed by atoms with E-state index in [-0.39, 0.29) is 0 Å². The molecule has 29 heavy (non-hydrogen) atoms. The van der Waals surface area contributed by atoms with Gasteiger partial charge in [-0.15, -0.1) is 0 Å². The molecular weight excluding hydrogens is 352 g/mol. The Bertz CT molecular complexity index is 380. The van der Waals surface area contributed by atoms with Gasteiger partial charge in [0, 0.05) is 12.8 Å². The van der Waals surface area contributed by atoms with E-state index in [1.807, 2.05) is 0 Å². The van der Waals surface area contributed by atoms with Gasteiger partial charge in [-0.1, -0.05) is 115 Å². The number of Topliss-reactive ketones (excluding diaryl/α,β-unsaturated/α-hetero) is 1. The molecule has 0 heterocycles. The van der Waals surface area contributed by atoms with Crippen molar-refractivity contribution in [2.75, 3.05) is 0 Å². The summed E-state index contributed by atoms with van der Waals surface area (Å²) in [7, 11) is 0. The molecule has 0 aliphatic heterocycles. The summed E-state index contributed by atoms with van der Waals surface area (Å²) in [5, 5.41) is 0. The van der Waals surface area contributed by atoms with Gasteiger partial charge in [-0.05, 0) is 44.9 Å². The highest BCUT2D eigenvalue weighted by atomic mass is 16.1. The maximum atomic E-state index is 11.9. The minimum absolute atomic E-state index is 0.502. The molecule has 0 N–H and O–H groups in total. The van der Waals surface area contributed by atoms with Crippen LogP contribution in [0.25, 0.3) is 0 Å². The number of rotatable bonds is 23. The second kappa shape index (κ2) is 25.2. The second-order valence-electron chi connectivity index (χ2n) is 8.74. The van der Waals surface area contributed by atoms with E-state index in [1.54, 1.807) is 0 Å². The summed E-state index contributed by atoms with van der Waals surface area (Å²) in [6.45, 7) is 4.52. The van der Waals surface area contributed by atoms with Gasteiger partial charge in [-0.3, -0.25) is 4.79 Å². The van der Waals surface area contributed by atoms with E-state index in [2.05, 4.69) is 38.2 Å². The molecular formula is C28H52O. The highest BCUT2D eigenvalue weighted by Crippen LogP contribution is 2.12. The minimum Gasteiger partial charge on any atom is -0.300 e. The van der Waals surface area contributed by atoms with Crippen LogP contribution in [0.4, 0.5) is 0 Å². The van der Waals surface area contributed by atoms with Crippen molar-refractivity contribution >= 4 is 5.78 Å². The van der Waals surface area contributed by atoms with E-state index in [9.17, 15) is 4.79 Å². The SMILES string of the molecule is CCCCCC=CCC=CCCCCCCCC(=O)CCCCCCCCCC. The average molecular weight is 405 g/mol. The standard InChI is InChI=1S/C28H52O/c1-3-5-7-9-11-13-14-15-16-17-18-19-21-23-25-27-28(29)26-24-22-20-12-10-8-6-4-2/h11,13,15-16H,3-10,12,14,17-27H2,1-2H3. The molecule has 0 spiro atoms. The lowest BCUT2D eigenvalue weighted by Crippen LogP contribution is -1.97. The molecule has 0 aromatic heterocycles. The van der Waals surface area contributed by atoms with Crippen molar-refractivity contribution in [2.24, 2.45) is 0 Å². The molecule has 0 aromatic rings. The van der Waals surface area contributed by atoms with E-state index >= 15 is 0 Å². The van der Waals surface area contributed by atoms with Gasteiger partial charge in [-0.25, -0.2) is 0 Å². The predicted octanol–water partition coefficient (Wildman–Crippen LogP) is 9.90. The van der Waals surface area contributed by atoms with Gasteiger partial charge in [0.15, 0.2) is 0 Å². The highest BCUT2D eigenvalue weighted by molar-refractivity contribution is 5.78. The molecule has 0 aromatic carbocycles. The molecule has 0 radical (unpaired) electrons. The summed E-state index contributed by atoms with van der Waals surface area (Å²) in [6.07, 6.45) is 35.2. The zero-order valence-corrected chi connectivity index (χ0v) is 20.1. The fraction of sp³-hybridized carbons (Fsp3) is 0.821. The van der Waals surface area contributed by atoms with Crippen LogP contribution in [0, 0.1) is 0 Å². The molecule has 0 aliphatic carbocycles. The van der Waals surface area contributed by atoms with Crippen LogP contribution in [0.5, 0.6) is 0 Å². The van der Waals surface area contributed by atoms with Crippen LogP contribution in [0.15, 0.2) is 24.3 Å². The Hall–Kier alpha value is -0.850. The van der Waals surface area contributed by atoms with Gasteiger partial charge in [0.2, 0.25) is 0 Å². The first-order chi connectivity index (χ1) is 14.3. The minimum atomic E-state index is 0.502. The van der Waals surface area contributed by atoms with Crippen molar-refractivity contribution in [2.45, 2.75) is 149 Å². The van der Waals surface area contributed by atoms with Crippen molar-refractivity contribution in [3.05, 3.63) is 24.3 Å². The van der Waals surface area contributed by atoms with E-state index < -0.39 is 0 Å². The maximum absolute atomic E-state index is 11.9. The zero-order valence-electron chi connectivity index (χ0n) is 20.1. The quantitative estimate of drug-likeness (QED) is 0.122. The van der Waals surface area contributed by atoms with E-state index in [0.717, 1.165) is 32.1 Å². The van der Waals surface area contributed by atoms with Gasteiger partial charge < -0.3 is 0 Å². The molecule has 0 saturated carbocycles. The van der Waals surface area contributed by atoms with Crippen LogP contribution in [-0.4, -0.2) is 5.78 Å². The third-order valence-corrected chi connectivity index (χ3v) is 5.72. The summed E-state index contributed by atoms with van der Waals surface area (Å²) < 4.78 is 0. The topological polar surface area (TPSA) is 17.1 Å². The molecule has 0 saturated heterocycles. The summed E-state index contributed by atoms with van der Waals surface area (Å²) >= 11 is 0. The number of carbonyl (C=O) groups excluding carboxylic acids is 1. The molecule has 1 nitrogen and oxygen atoms in total. The van der Waals surface area contributed by atoms with Crippen LogP contribution >= 0.6 is 0 Å². The second-order valence-corrected chi connectivity index (χ2v) is 8.74. The lowest BCUT2D eigenvalue weighted by atomic mass is 10.0. The number of allylic oxidation sites excluding steroid dienone is 4. The first-order valence-corrected chi connectivity index (χ1v) is 13.1. The van der Waals surface area contributed by atoms with Crippen LogP contribution in [0.1, 0.15) is 149 Å². The number of unbranched alkanes of at least 4 members (excludes halogenated alkanes) is 15. The number of carbonyl (C=O) groups is 1. The number of hydrogen-bond donors (Lipinski definition) is 0. The van der Waals surface area contributed by atoms with Crippen LogP contribution in [-0.2, 0) is 4.79 Å². The third kappa shape index (κ3) is 25.1. The first kappa shape index (κ1) is 28.1. The molecule has 0 rings (SSSR count). The first-order valence-electron chi connectivity index (χ1n) is 13.1. The van der Waals surface area contributed by atoms with Gasteiger partial charge in [-0.2, -0.15) is 0 Å². The maximum Gasteiger partial charge on any atom is 0.132 e. The highest BCUT2D eigenvalue weighted by Gasteiger charge is 2.01. The van der Waals surface area contributed by atoms with Crippen LogP contribution in [0.2, 0.25) is 0 Å². The normalized spacial score (nSPS) is 11.8. The molecule has 0 atom stereocenters. The molecule has 170 valence electrons. The van der Waals surface area contributed by atoms with Crippen molar-refractivity contribution in [3.63, 3.8) is 0 Å². The summed E-state index contributed by atoms with van der Waals surface area (Å²) in [5.41, 5.74) is 0. The average Bonchev–Trinajstić information content (AvgIpc) is 2.72. The van der Waals surface area contributed by atoms with Crippen molar-refractivity contribution in [1.29, 1.82) is 0 Å². The Balaban J connectivity index is 3.25. The van der Waals surface area contributed by atoms with Crippen molar-refractivity contribution in [1.82, 2.24) is 0 Å². The molecule has 0 bridgehead atoms. The Morgan fingerprint density at radius 3 is 1.38 bits per heavy atom. The molecule has 0 amide bonds. The van der Waals surface area contributed by atoms with Gasteiger partial charge in [0.05, 0.1) is 0 Å². The third-order valence-electron chi connectivity index (χ3n) is 5.72. The fourth-order valence-corrected chi connectivity index (χ4v) is 3.71. The lowest BCUT2D eigenvalue weighted by molar-refractivity contribution is -0.119. The van der Waals surface area contributed by atoms with Gasteiger partial charge >= 0.3 is 0 Å². The lowest BCUT2D eigenvalue weighted by Gasteiger charge is -2.03. The summed E-state index contributed by atoms with van der Waals surface area (Å²) in [5.74, 6) is 0.502. The Morgan fingerprint density at radius 2 is 0.862 bits per heavy atom. The number of ketones is 1.